The lowest BCUT2D eigenvalue weighted by Gasteiger charge is -2.35. The zero-order chi connectivity index (χ0) is 24.5. The number of nitrogens with one attached hydrogen (secondary N) is 2. The summed E-state index contributed by atoms with van der Waals surface area (Å²) in [5.41, 5.74) is -1.70. The molecule has 0 aliphatic carbocycles. The first-order valence-corrected chi connectivity index (χ1v) is 10.6. The van der Waals surface area contributed by atoms with Crippen molar-refractivity contribution in [2.75, 3.05) is 5.32 Å². The van der Waals surface area contributed by atoms with Gasteiger partial charge in [0.25, 0.3) is 11.5 Å². The highest BCUT2D eigenvalue weighted by Gasteiger charge is 2.54. The molecule has 10 nitrogen and oxygen atoms in total. The van der Waals surface area contributed by atoms with Gasteiger partial charge in [0.2, 0.25) is 17.4 Å². The van der Waals surface area contributed by atoms with Crippen molar-refractivity contribution in [3.8, 4) is 0 Å². The van der Waals surface area contributed by atoms with Gasteiger partial charge in [0.15, 0.2) is 0 Å². The number of hydrogen-bond acceptors (Lipinski definition) is 7. The van der Waals surface area contributed by atoms with Gasteiger partial charge in [-0.2, -0.15) is 0 Å². The van der Waals surface area contributed by atoms with Crippen molar-refractivity contribution in [3.05, 3.63) is 70.3 Å². The van der Waals surface area contributed by atoms with E-state index >= 15 is 0 Å². The molecule has 1 aliphatic rings. The lowest BCUT2D eigenvalue weighted by atomic mass is 9.87. The van der Waals surface area contributed by atoms with E-state index in [1.165, 1.54) is 19.9 Å². The van der Waals surface area contributed by atoms with Crippen LogP contribution in [0.25, 0.3) is 10.9 Å². The van der Waals surface area contributed by atoms with Crippen molar-refractivity contribution < 1.29 is 23.9 Å². The molecule has 0 bridgehead atoms. The van der Waals surface area contributed by atoms with Gasteiger partial charge >= 0.3 is 5.97 Å². The van der Waals surface area contributed by atoms with Crippen LogP contribution in [0.1, 0.15) is 31.2 Å². The highest BCUT2D eigenvalue weighted by atomic mass is 16.5. The number of ether oxygens (including phenoxy) is 1. The van der Waals surface area contributed by atoms with Crippen molar-refractivity contribution >= 4 is 40.3 Å². The molecule has 2 aromatic carbocycles. The van der Waals surface area contributed by atoms with E-state index in [9.17, 15) is 24.0 Å². The van der Waals surface area contributed by atoms with Crippen molar-refractivity contribution in [2.24, 2.45) is 0 Å². The summed E-state index contributed by atoms with van der Waals surface area (Å²) in [6, 6.07) is 13.6. The van der Waals surface area contributed by atoms with Crippen LogP contribution >= 0.6 is 0 Å². The van der Waals surface area contributed by atoms with Gasteiger partial charge in [-0.05, 0) is 31.0 Å². The second kappa shape index (κ2) is 8.89. The van der Waals surface area contributed by atoms with Crippen LogP contribution in [0.4, 0.5) is 5.69 Å². The monoisotopic (exact) mass is 462 g/mol. The van der Waals surface area contributed by atoms with Crippen LogP contribution < -0.4 is 16.2 Å². The average Bonchev–Trinajstić information content (AvgIpc) is 2.79. The van der Waals surface area contributed by atoms with Crippen LogP contribution in [0, 0.1) is 6.92 Å². The summed E-state index contributed by atoms with van der Waals surface area (Å²) < 4.78 is 6.45. The number of amides is 3. The van der Waals surface area contributed by atoms with Gasteiger partial charge in [-0.25, -0.2) is 9.78 Å². The Labute approximate surface area is 193 Å². The van der Waals surface area contributed by atoms with Gasteiger partial charge in [0, 0.05) is 13.3 Å². The number of carbonyl (C=O) groups excluding carboxylic acids is 4. The molecule has 1 atom stereocenters. The third-order valence-electron chi connectivity index (χ3n) is 5.65. The Morgan fingerprint density at radius 2 is 1.85 bits per heavy atom. The van der Waals surface area contributed by atoms with Crippen molar-refractivity contribution in [1.29, 1.82) is 0 Å². The number of benzene rings is 2. The van der Waals surface area contributed by atoms with Gasteiger partial charge in [-0.3, -0.25) is 29.1 Å². The molecule has 3 aromatic rings. The largest absolute Gasteiger partial charge is 0.459 e. The quantitative estimate of drug-likeness (QED) is 0.333. The third kappa shape index (κ3) is 3.94. The standard InChI is InChI=1S/C24H22N4O6/c1-14-25-17-9-6-10-18(26-15(2)29)20(17)21(31)28(14)24(12-11-19(30)27-22(24)32)23(33)34-13-16-7-4-3-5-8-16/h3-10H,11-13H2,1-2H3,(H,26,29)(H,27,30,32)/t24-/m1/s1. The van der Waals surface area contributed by atoms with Crippen LogP contribution in [0.3, 0.4) is 0 Å². The van der Waals surface area contributed by atoms with Gasteiger partial charge < -0.3 is 10.1 Å². The Morgan fingerprint density at radius 3 is 2.53 bits per heavy atom. The Balaban J connectivity index is 1.90. The summed E-state index contributed by atoms with van der Waals surface area (Å²) in [6.07, 6.45) is -0.453. The predicted octanol–water partition coefficient (Wildman–Crippen LogP) is 1.54. The number of carbonyl (C=O) groups is 4. The summed E-state index contributed by atoms with van der Waals surface area (Å²) in [7, 11) is 0. The normalized spacial score (nSPS) is 17.8. The zero-order valence-electron chi connectivity index (χ0n) is 18.6. The smallest absolute Gasteiger partial charge is 0.342 e. The minimum Gasteiger partial charge on any atom is -0.459 e. The van der Waals surface area contributed by atoms with E-state index in [-0.39, 0.29) is 41.9 Å². The number of fused-ring (bicyclic) bond motifs is 1. The molecule has 174 valence electrons. The minimum absolute atomic E-state index is 0.0308. The summed E-state index contributed by atoms with van der Waals surface area (Å²) >= 11 is 0. The Hall–Kier alpha value is -4.34. The maximum atomic E-state index is 13.8. The number of rotatable bonds is 5. The van der Waals surface area contributed by atoms with Gasteiger partial charge in [0.1, 0.15) is 12.4 Å². The summed E-state index contributed by atoms with van der Waals surface area (Å²) in [5, 5.41) is 4.77. The Bertz CT molecular complexity index is 1380. The predicted molar refractivity (Wildman–Crippen MR) is 122 cm³/mol. The fraction of sp³-hybridized carbons (Fsp3) is 0.250. The summed E-state index contributed by atoms with van der Waals surface area (Å²) in [4.78, 5) is 68.4. The highest BCUT2D eigenvalue weighted by Crippen LogP contribution is 2.30. The molecule has 0 spiro atoms. The molecule has 2 heterocycles. The van der Waals surface area contributed by atoms with Crippen LogP contribution in [-0.4, -0.2) is 33.2 Å². The van der Waals surface area contributed by atoms with E-state index < -0.39 is 34.8 Å². The lowest BCUT2D eigenvalue weighted by molar-refractivity contribution is -0.164. The SMILES string of the molecule is CC(=O)Nc1cccc2nc(C)n([C@]3(C(=O)OCc4ccccc4)CCC(=O)NC3=O)c(=O)c12. The molecule has 4 rings (SSSR count). The molecule has 1 fully saturated rings. The second-order valence-corrected chi connectivity index (χ2v) is 7.98. The molecule has 34 heavy (non-hydrogen) atoms. The first-order valence-electron chi connectivity index (χ1n) is 10.6. The maximum absolute atomic E-state index is 13.8. The van der Waals surface area contributed by atoms with E-state index in [0.29, 0.717) is 5.56 Å². The summed E-state index contributed by atoms with van der Waals surface area (Å²) in [5.74, 6) is -2.83. The summed E-state index contributed by atoms with van der Waals surface area (Å²) in [6.45, 7) is 2.65. The van der Waals surface area contributed by atoms with E-state index in [1.807, 2.05) is 6.07 Å². The first-order chi connectivity index (χ1) is 16.2. The average molecular weight is 462 g/mol. The molecular weight excluding hydrogens is 440 g/mol. The highest BCUT2D eigenvalue weighted by molar-refractivity contribution is 6.13. The number of hydrogen-bond donors (Lipinski definition) is 2. The fourth-order valence-electron chi connectivity index (χ4n) is 4.13. The molecule has 1 saturated heterocycles. The molecule has 0 saturated carbocycles. The van der Waals surface area contributed by atoms with Crippen molar-refractivity contribution in [2.45, 2.75) is 38.8 Å². The topological polar surface area (TPSA) is 136 Å². The van der Waals surface area contributed by atoms with E-state index in [0.717, 1.165) is 4.57 Å². The van der Waals surface area contributed by atoms with Crippen LogP contribution in [0.15, 0.2) is 53.3 Å². The molecule has 0 radical (unpaired) electrons. The van der Waals surface area contributed by atoms with Crippen LogP contribution in [0.5, 0.6) is 0 Å². The second-order valence-electron chi connectivity index (χ2n) is 7.98. The number of nitrogens with zero attached hydrogens (tertiary/aromatic N) is 2. The number of piperidine rings is 1. The third-order valence-corrected chi connectivity index (χ3v) is 5.65. The van der Waals surface area contributed by atoms with Crippen molar-refractivity contribution in [1.82, 2.24) is 14.9 Å². The minimum atomic E-state index is -2.14. The van der Waals surface area contributed by atoms with Gasteiger partial charge in [-0.15, -0.1) is 0 Å². The number of aromatic nitrogens is 2. The molecular formula is C24H22N4O6. The Morgan fingerprint density at radius 1 is 1.12 bits per heavy atom. The molecule has 1 aliphatic heterocycles. The van der Waals surface area contributed by atoms with Crippen LogP contribution in [0.2, 0.25) is 0 Å². The van der Waals surface area contributed by atoms with Crippen molar-refractivity contribution in [3.63, 3.8) is 0 Å². The molecule has 0 unspecified atom stereocenters. The molecule has 1 aromatic heterocycles. The lowest BCUT2D eigenvalue weighted by Crippen LogP contribution is -2.62. The molecule has 2 N–H and O–H groups in total. The van der Waals surface area contributed by atoms with Crippen LogP contribution in [-0.2, 0) is 36.1 Å². The van der Waals surface area contributed by atoms with Gasteiger partial charge in [-0.1, -0.05) is 36.4 Å². The van der Waals surface area contributed by atoms with E-state index in [1.54, 1.807) is 36.4 Å². The number of aryl methyl sites for hydroxylation is 1. The molecule has 10 heteroatoms. The molecule has 3 amide bonds. The number of anilines is 1. The zero-order valence-corrected chi connectivity index (χ0v) is 18.6. The number of esters is 1. The maximum Gasteiger partial charge on any atom is 0.342 e. The number of imide groups is 1. The Kier molecular flexibility index (Phi) is 5.97. The fourth-order valence-corrected chi connectivity index (χ4v) is 4.13. The van der Waals surface area contributed by atoms with E-state index in [4.69, 9.17) is 4.74 Å². The first kappa shape index (κ1) is 22.8. The van der Waals surface area contributed by atoms with E-state index in [2.05, 4.69) is 15.6 Å². The van der Waals surface area contributed by atoms with Gasteiger partial charge in [0.05, 0.1) is 16.6 Å².